The van der Waals surface area contributed by atoms with Crippen molar-refractivity contribution in [3.8, 4) is 5.88 Å². The molecule has 0 aliphatic heterocycles. The second-order valence-electron chi connectivity index (χ2n) is 4.13. The lowest BCUT2D eigenvalue weighted by molar-refractivity contribution is -0.385. The molecule has 0 radical (unpaired) electrons. The maximum Gasteiger partial charge on any atom is 0.374 e. The van der Waals surface area contributed by atoms with Crippen molar-refractivity contribution in [3.05, 3.63) is 51.3 Å². The highest BCUT2D eigenvalue weighted by Gasteiger charge is 2.24. The molecule has 0 saturated carbocycles. The molecular weight excluding hydrogens is 326 g/mol. The van der Waals surface area contributed by atoms with Gasteiger partial charge in [0.2, 0.25) is 5.82 Å². The van der Waals surface area contributed by atoms with Crippen molar-refractivity contribution in [3.63, 3.8) is 0 Å². The van der Waals surface area contributed by atoms with E-state index in [1.165, 1.54) is 6.07 Å². The van der Waals surface area contributed by atoms with Gasteiger partial charge in [-0.1, -0.05) is 23.7 Å². The number of anilines is 1. The zero-order valence-electron chi connectivity index (χ0n) is 11.9. The number of rotatable bonds is 6. The van der Waals surface area contributed by atoms with Crippen molar-refractivity contribution in [1.82, 2.24) is 15.4 Å². The summed E-state index contributed by atoms with van der Waals surface area (Å²) < 4.78 is 5.08. The van der Waals surface area contributed by atoms with Crippen LogP contribution in [-0.2, 0) is 0 Å². The van der Waals surface area contributed by atoms with Crippen LogP contribution in [0.4, 0.5) is 11.5 Å². The summed E-state index contributed by atoms with van der Waals surface area (Å²) in [7, 11) is 0. The van der Waals surface area contributed by atoms with Crippen LogP contribution in [0, 0.1) is 10.1 Å². The van der Waals surface area contributed by atoms with Gasteiger partial charge in [-0.2, -0.15) is 4.98 Å². The van der Waals surface area contributed by atoms with E-state index >= 15 is 0 Å². The fraction of sp³-hybridized carbons (Fsp3) is 0.154. The summed E-state index contributed by atoms with van der Waals surface area (Å²) in [6.07, 6.45) is 1.09. The Kier molecular flexibility index (Phi) is 5.26. The molecule has 2 N–H and O–H groups in total. The smallest absolute Gasteiger partial charge is 0.374 e. The molecule has 0 aliphatic carbocycles. The number of hydrogen-bond acceptors (Lipinski definition) is 7. The van der Waals surface area contributed by atoms with Gasteiger partial charge in [0.15, 0.2) is 0 Å². The van der Waals surface area contributed by atoms with Gasteiger partial charge in [-0.3, -0.25) is 25.8 Å². The van der Waals surface area contributed by atoms with E-state index in [0.717, 1.165) is 6.33 Å². The second-order valence-corrected chi connectivity index (χ2v) is 4.53. The van der Waals surface area contributed by atoms with Gasteiger partial charge < -0.3 is 4.74 Å². The number of benzene rings is 1. The van der Waals surface area contributed by atoms with Crippen molar-refractivity contribution < 1.29 is 14.5 Å². The quantitative estimate of drug-likeness (QED) is 0.612. The zero-order chi connectivity index (χ0) is 16.8. The van der Waals surface area contributed by atoms with Gasteiger partial charge in [-0.25, -0.2) is 4.98 Å². The third-order valence-electron chi connectivity index (χ3n) is 2.67. The lowest BCUT2D eigenvalue weighted by Gasteiger charge is -2.10. The van der Waals surface area contributed by atoms with Crippen LogP contribution in [0.2, 0.25) is 5.02 Å². The third kappa shape index (κ3) is 3.83. The van der Waals surface area contributed by atoms with E-state index < -0.39 is 16.5 Å². The zero-order valence-corrected chi connectivity index (χ0v) is 12.7. The maximum absolute atomic E-state index is 12.0. The first kappa shape index (κ1) is 16.4. The van der Waals surface area contributed by atoms with E-state index in [1.54, 1.807) is 25.1 Å². The standard InChI is InChI=1S/C13H12ClN5O4/c1-2-23-13-10(19(21)22)11(15-7-16-13)17-18-12(20)8-5-3-4-6-9(8)14/h3-7H,2H2,1H3,(H,18,20)(H,15,16,17). The predicted molar refractivity (Wildman–Crippen MR) is 82.4 cm³/mol. The molecular formula is C13H12ClN5O4. The molecule has 0 unspecified atom stereocenters. The van der Waals surface area contributed by atoms with Crippen LogP contribution >= 0.6 is 11.6 Å². The average molecular weight is 338 g/mol. The van der Waals surface area contributed by atoms with Crippen molar-refractivity contribution in [2.24, 2.45) is 0 Å². The van der Waals surface area contributed by atoms with Crippen molar-refractivity contribution >= 4 is 29.0 Å². The summed E-state index contributed by atoms with van der Waals surface area (Å²) in [5.74, 6) is -0.961. The Balaban J connectivity index is 2.20. The number of hydrogen-bond donors (Lipinski definition) is 2. The monoisotopic (exact) mass is 337 g/mol. The van der Waals surface area contributed by atoms with Crippen molar-refractivity contribution in [2.45, 2.75) is 6.92 Å². The van der Waals surface area contributed by atoms with Crippen molar-refractivity contribution in [1.29, 1.82) is 0 Å². The lowest BCUT2D eigenvalue weighted by Crippen LogP contribution is -2.30. The Hall–Kier alpha value is -2.94. The minimum absolute atomic E-state index is 0.193. The fourth-order valence-electron chi connectivity index (χ4n) is 1.69. The molecule has 1 heterocycles. The molecule has 2 rings (SSSR count). The van der Waals surface area contributed by atoms with E-state index in [-0.39, 0.29) is 28.9 Å². The van der Waals surface area contributed by atoms with Crippen LogP contribution in [0.25, 0.3) is 0 Å². The van der Waals surface area contributed by atoms with Crippen LogP contribution in [-0.4, -0.2) is 27.4 Å². The van der Waals surface area contributed by atoms with Gasteiger partial charge in [0.25, 0.3) is 11.8 Å². The van der Waals surface area contributed by atoms with Crippen molar-refractivity contribution in [2.75, 3.05) is 12.0 Å². The third-order valence-corrected chi connectivity index (χ3v) is 2.99. The Morgan fingerprint density at radius 1 is 1.39 bits per heavy atom. The summed E-state index contributed by atoms with van der Waals surface area (Å²) in [5, 5.41) is 11.4. The van der Waals surface area contributed by atoms with E-state index in [2.05, 4.69) is 20.8 Å². The minimum Gasteiger partial charge on any atom is -0.473 e. The number of nitro groups is 1. The summed E-state index contributed by atoms with van der Waals surface area (Å²) in [4.78, 5) is 29.9. The Morgan fingerprint density at radius 2 is 2.13 bits per heavy atom. The molecule has 2 aromatic rings. The first-order valence-electron chi connectivity index (χ1n) is 6.47. The molecule has 10 heteroatoms. The number of nitrogens with one attached hydrogen (secondary N) is 2. The molecule has 1 aromatic heterocycles. The van der Waals surface area contributed by atoms with Crippen LogP contribution < -0.4 is 15.6 Å². The molecule has 1 amide bonds. The van der Waals surface area contributed by atoms with Crippen LogP contribution in [0.5, 0.6) is 5.88 Å². The first-order chi connectivity index (χ1) is 11.0. The number of carbonyl (C=O) groups excluding carboxylic acids is 1. The summed E-state index contributed by atoms with van der Waals surface area (Å²) >= 11 is 5.91. The van der Waals surface area contributed by atoms with Gasteiger partial charge >= 0.3 is 5.69 Å². The number of carbonyl (C=O) groups is 1. The van der Waals surface area contributed by atoms with Gasteiger partial charge in [-0.15, -0.1) is 0 Å². The van der Waals surface area contributed by atoms with Gasteiger partial charge in [-0.05, 0) is 19.1 Å². The first-order valence-corrected chi connectivity index (χ1v) is 6.85. The fourth-order valence-corrected chi connectivity index (χ4v) is 1.91. The number of ether oxygens (including phenoxy) is 1. The highest BCUT2D eigenvalue weighted by molar-refractivity contribution is 6.33. The van der Waals surface area contributed by atoms with Crippen LogP contribution in [0.15, 0.2) is 30.6 Å². The number of amides is 1. The molecule has 9 nitrogen and oxygen atoms in total. The molecule has 0 bridgehead atoms. The van der Waals surface area contributed by atoms with Gasteiger partial charge in [0.1, 0.15) is 6.33 Å². The Morgan fingerprint density at radius 3 is 2.78 bits per heavy atom. The molecule has 1 aromatic carbocycles. The van der Waals surface area contributed by atoms with Gasteiger partial charge in [0, 0.05) is 0 Å². The molecule has 120 valence electrons. The number of hydrazine groups is 1. The molecule has 0 fully saturated rings. The highest BCUT2D eigenvalue weighted by Crippen LogP contribution is 2.30. The average Bonchev–Trinajstić information content (AvgIpc) is 2.53. The van der Waals surface area contributed by atoms with Crippen LogP contribution in [0.1, 0.15) is 17.3 Å². The normalized spacial score (nSPS) is 10.0. The Bertz CT molecular complexity index is 740. The molecule has 0 saturated heterocycles. The lowest BCUT2D eigenvalue weighted by atomic mass is 10.2. The van der Waals surface area contributed by atoms with E-state index in [0.29, 0.717) is 0 Å². The summed E-state index contributed by atoms with van der Waals surface area (Å²) in [6.45, 7) is 1.86. The maximum atomic E-state index is 12.0. The van der Waals surface area contributed by atoms with Crippen LogP contribution in [0.3, 0.4) is 0 Å². The number of nitrogens with zero attached hydrogens (tertiary/aromatic N) is 3. The number of aromatic nitrogens is 2. The second kappa shape index (κ2) is 7.36. The topological polar surface area (TPSA) is 119 Å². The molecule has 23 heavy (non-hydrogen) atoms. The summed E-state index contributed by atoms with van der Waals surface area (Å²) in [5.41, 5.74) is 4.42. The predicted octanol–water partition coefficient (Wildman–Crippen LogP) is 2.19. The largest absolute Gasteiger partial charge is 0.473 e. The molecule has 0 spiro atoms. The van der Waals surface area contributed by atoms with E-state index in [9.17, 15) is 14.9 Å². The SMILES string of the molecule is CCOc1ncnc(NNC(=O)c2ccccc2Cl)c1[N+](=O)[O-]. The number of halogens is 1. The summed E-state index contributed by atoms with van der Waals surface area (Å²) in [6, 6.07) is 6.38. The highest BCUT2D eigenvalue weighted by atomic mass is 35.5. The molecule has 0 atom stereocenters. The Labute approximate surface area is 135 Å². The van der Waals surface area contributed by atoms with E-state index in [1.807, 2.05) is 0 Å². The molecule has 0 aliphatic rings. The minimum atomic E-state index is -0.699. The van der Waals surface area contributed by atoms with Gasteiger partial charge in [0.05, 0.1) is 22.1 Å². The van der Waals surface area contributed by atoms with E-state index in [4.69, 9.17) is 16.3 Å².